The standard InChI is InChI=1S/C11H14ClNO3S/c1-8(2)16-10-6-4-3-5-9(10)7-13(17-12)11(14)15/h3-6,8H,7H2,1-2H3,(H,14,15). The van der Waals surface area contributed by atoms with Crippen LogP contribution in [0.3, 0.4) is 0 Å². The van der Waals surface area contributed by atoms with Gasteiger partial charge in [-0.15, -0.1) is 0 Å². The third kappa shape index (κ3) is 4.36. The Morgan fingerprint density at radius 1 is 1.53 bits per heavy atom. The van der Waals surface area contributed by atoms with E-state index in [2.05, 4.69) is 0 Å². The van der Waals surface area contributed by atoms with E-state index in [-0.39, 0.29) is 12.6 Å². The van der Waals surface area contributed by atoms with Crippen molar-refractivity contribution in [1.82, 2.24) is 4.31 Å². The molecule has 0 atom stereocenters. The molecule has 0 saturated carbocycles. The summed E-state index contributed by atoms with van der Waals surface area (Å²) >= 11 is 0.651. The lowest BCUT2D eigenvalue weighted by atomic mass is 10.2. The number of benzene rings is 1. The number of nitrogens with zero attached hydrogens (tertiary/aromatic N) is 1. The number of hydrogen-bond donors (Lipinski definition) is 1. The molecule has 94 valence electrons. The van der Waals surface area contributed by atoms with Gasteiger partial charge in [0.15, 0.2) is 0 Å². The lowest BCUT2D eigenvalue weighted by molar-refractivity contribution is 0.173. The van der Waals surface area contributed by atoms with Crippen molar-refractivity contribution in [1.29, 1.82) is 0 Å². The number of rotatable bonds is 5. The second-order valence-electron chi connectivity index (χ2n) is 3.66. The molecule has 0 aliphatic rings. The van der Waals surface area contributed by atoms with Crippen molar-refractivity contribution in [3.05, 3.63) is 29.8 Å². The number of hydrogen-bond acceptors (Lipinski definition) is 3. The summed E-state index contributed by atoms with van der Waals surface area (Å²) in [6.07, 6.45) is -1.04. The molecule has 0 bridgehead atoms. The molecule has 0 aromatic heterocycles. The summed E-state index contributed by atoms with van der Waals surface area (Å²) in [6, 6.07) is 7.32. The summed E-state index contributed by atoms with van der Waals surface area (Å²) < 4.78 is 6.63. The Kier molecular flexibility index (Phi) is 5.44. The molecule has 0 heterocycles. The van der Waals surface area contributed by atoms with Gasteiger partial charge in [0.25, 0.3) is 0 Å². The molecule has 0 radical (unpaired) electrons. The molecular weight excluding hydrogens is 262 g/mol. The van der Waals surface area contributed by atoms with E-state index >= 15 is 0 Å². The van der Waals surface area contributed by atoms with Gasteiger partial charge >= 0.3 is 6.09 Å². The molecule has 1 rings (SSSR count). The first-order chi connectivity index (χ1) is 8.04. The summed E-state index contributed by atoms with van der Waals surface area (Å²) in [6.45, 7) is 4.02. The highest BCUT2D eigenvalue weighted by molar-refractivity contribution is 8.19. The van der Waals surface area contributed by atoms with Gasteiger partial charge in [-0.25, -0.2) is 9.10 Å². The molecule has 1 aromatic carbocycles. The average molecular weight is 276 g/mol. The first-order valence-corrected chi connectivity index (χ1v) is 6.68. The van der Waals surface area contributed by atoms with E-state index in [1.807, 2.05) is 38.1 Å². The van der Waals surface area contributed by atoms with Gasteiger partial charge in [-0.05, 0) is 30.6 Å². The van der Waals surface area contributed by atoms with Crippen molar-refractivity contribution in [3.63, 3.8) is 0 Å². The number of para-hydroxylation sites is 1. The molecule has 1 aromatic rings. The van der Waals surface area contributed by atoms with Crippen molar-refractivity contribution in [2.75, 3.05) is 0 Å². The van der Waals surface area contributed by atoms with Gasteiger partial charge in [-0.2, -0.15) is 0 Å². The first kappa shape index (κ1) is 14.0. The number of ether oxygens (including phenoxy) is 1. The van der Waals surface area contributed by atoms with Crippen molar-refractivity contribution >= 4 is 27.9 Å². The Bertz CT molecular complexity index is 387. The minimum Gasteiger partial charge on any atom is -0.491 e. The van der Waals surface area contributed by atoms with Crippen LogP contribution in [-0.2, 0) is 6.54 Å². The fraction of sp³-hybridized carbons (Fsp3) is 0.364. The highest BCUT2D eigenvalue weighted by Crippen LogP contribution is 2.25. The zero-order valence-corrected chi connectivity index (χ0v) is 11.2. The van der Waals surface area contributed by atoms with Gasteiger partial charge in [0.2, 0.25) is 0 Å². The fourth-order valence-corrected chi connectivity index (χ4v) is 1.85. The summed E-state index contributed by atoms with van der Waals surface area (Å²) in [4.78, 5) is 10.8. The fourth-order valence-electron chi connectivity index (χ4n) is 1.28. The van der Waals surface area contributed by atoms with Gasteiger partial charge in [-0.1, -0.05) is 18.2 Å². The van der Waals surface area contributed by atoms with Crippen molar-refractivity contribution in [2.24, 2.45) is 0 Å². The topological polar surface area (TPSA) is 49.8 Å². The van der Waals surface area contributed by atoms with Crippen molar-refractivity contribution < 1.29 is 14.6 Å². The first-order valence-electron chi connectivity index (χ1n) is 5.08. The highest BCUT2D eigenvalue weighted by Gasteiger charge is 2.15. The van der Waals surface area contributed by atoms with E-state index in [1.54, 1.807) is 0 Å². The smallest absolute Gasteiger partial charge is 0.418 e. The van der Waals surface area contributed by atoms with Crippen LogP contribution >= 0.6 is 21.8 Å². The van der Waals surface area contributed by atoms with Crippen LogP contribution in [0.2, 0.25) is 0 Å². The van der Waals surface area contributed by atoms with Crippen LogP contribution < -0.4 is 4.74 Å². The van der Waals surface area contributed by atoms with E-state index in [9.17, 15) is 4.79 Å². The predicted octanol–water partition coefficient (Wildman–Crippen LogP) is 3.76. The van der Waals surface area contributed by atoms with Crippen LogP contribution in [0.5, 0.6) is 5.75 Å². The molecule has 1 amide bonds. The molecule has 0 saturated heterocycles. The zero-order chi connectivity index (χ0) is 12.8. The molecule has 1 N–H and O–H groups in total. The molecule has 17 heavy (non-hydrogen) atoms. The Labute approximate surface area is 109 Å². The van der Waals surface area contributed by atoms with Gasteiger partial charge in [-0.3, -0.25) is 0 Å². The third-order valence-corrected chi connectivity index (χ3v) is 2.90. The minimum absolute atomic E-state index is 0.0399. The molecule has 0 aliphatic heterocycles. The Hall–Kier alpha value is -1.07. The molecule has 0 unspecified atom stereocenters. The third-order valence-electron chi connectivity index (χ3n) is 1.95. The molecule has 6 heteroatoms. The molecule has 4 nitrogen and oxygen atoms in total. The van der Waals surface area contributed by atoms with Crippen molar-refractivity contribution in [2.45, 2.75) is 26.5 Å². The van der Waals surface area contributed by atoms with Gasteiger partial charge in [0.1, 0.15) is 5.75 Å². The van der Waals surface area contributed by atoms with E-state index in [4.69, 9.17) is 20.5 Å². The predicted molar refractivity (Wildman–Crippen MR) is 69.2 cm³/mol. The van der Waals surface area contributed by atoms with E-state index in [0.29, 0.717) is 16.9 Å². The van der Waals surface area contributed by atoms with Crippen LogP contribution in [0, 0.1) is 0 Å². The van der Waals surface area contributed by atoms with Crippen LogP contribution in [-0.4, -0.2) is 21.6 Å². The number of carboxylic acid groups (broad SMARTS) is 1. The van der Waals surface area contributed by atoms with Gasteiger partial charge < -0.3 is 9.84 Å². The van der Waals surface area contributed by atoms with Crippen LogP contribution in [0.4, 0.5) is 4.79 Å². The second-order valence-corrected chi connectivity index (χ2v) is 4.66. The summed E-state index contributed by atoms with van der Waals surface area (Å²) in [5, 5.41) is 8.89. The summed E-state index contributed by atoms with van der Waals surface area (Å²) in [5.41, 5.74) is 0.789. The Morgan fingerprint density at radius 3 is 2.71 bits per heavy atom. The average Bonchev–Trinajstić information content (AvgIpc) is 2.26. The quantitative estimate of drug-likeness (QED) is 0.832. The largest absolute Gasteiger partial charge is 0.491 e. The van der Waals surface area contributed by atoms with Gasteiger partial charge in [0, 0.05) is 5.56 Å². The number of halogens is 1. The Balaban J connectivity index is 2.85. The lowest BCUT2D eigenvalue weighted by Gasteiger charge is -2.18. The van der Waals surface area contributed by atoms with Gasteiger partial charge in [0.05, 0.1) is 23.8 Å². The number of carbonyl (C=O) groups is 1. The normalized spacial score (nSPS) is 10.4. The highest BCUT2D eigenvalue weighted by atomic mass is 35.7. The second kappa shape index (κ2) is 6.61. The van der Waals surface area contributed by atoms with Crippen LogP contribution in [0.1, 0.15) is 19.4 Å². The van der Waals surface area contributed by atoms with E-state index in [0.717, 1.165) is 9.87 Å². The van der Waals surface area contributed by atoms with Crippen LogP contribution in [0.25, 0.3) is 0 Å². The SMILES string of the molecule is CC(C)Oc1ccccc1CN(SCl)C(=O)O. The maximum absolute atomic E-state index is 10.8. The van der Waals surface area contributed by atoms with Crippen LogP contribution in [0.15, 0.2) is 24.3 Å². The molecule has 0 spiro atoms. The molecule has 0 aliphatic carbocycles. The zero-order valence-electron chi connectivity index (χ0n) is 9.59. The van der Waals surface area contributed by atoms with E-state index in [1.165, 1.54) is 0 Å². The Morgan fingerprint density at radius 2 is 2.18 bits per heavy atom. The summed E-state index contributed by atoms with van der Waals surface area (Å²) in [5.74, 6) is 0.680. The molecule has 0 fully saturated rings. The monoisotopic (exact) mass is 275 g/mol. The van der Waals surface area contributed by atoms with E-state index < -0.39 is 6.09 Å². The maximum atomic E-state index is 10.8. The maximum Gasteiger partial charge on any atom is 0.418 e. The number of amides is 1. The minimum atomic E-state index is -1.08. The van der Waals surface area contributed by atoms with Crippen molar-refractivity contribution in [3.8, 4) is 5.75 Å². The lowest BCUT2D eigenvalue weighted by Crippen LogP contribution is -2.21. The molecular formula is C11H14ClNO3S. The summed E-state index contributed by atoms with van der Waals surface area (Å²) in [7, 11) is 5.49.